The molecule has 1 N–H and O–H groups in total. The third kappa shape index (κ3) is 3.51. The second-order valence-corrected chi connectivity index (χ2v) is 3.41. The Morgan fingerprint density at radius 2 is 2.27 bits per heavy atom. The highest BCUT2D eigenvalue weighted by Crippen LogP contribution is 2.10. The van der Waals surface area contributed by atoms with E-state index in [2.05, 4.69) is 5.32 Å². The molecule has 0 aromatic heterocycles. The maximum atomic E-state index is 10.8. The Bertz CT molecular complexity index is 126. The van der Waals surface area contributed by atoms with Crippen LogP contribution in [0, 0.1) is 0 Å². The van der Waals surface area contributed by atoms with Crippen LogP contribution in [0.3, 0.4) is 0 Å². The predicted molar refractivity (Wildman–Crippen MR) is 45.6 cm³/mol. The summed E-state index contributed by atoms with van der Waals surface area (Å²) in [5, 5.41) is 3.39. The molecule has 0 aliphatic carbocycles. The summed E-state index contributed by atoms with van der Waals surface area (Å²) >= 11 is 0. The molecule has 0 aromatic rings. The predicted octanol–water partition coefficient (Wildman–Crippen LogP) is 1.50. The lowest BCUT2D eigenvalue weighted by Crippen LogP contribution is -2.29. The Hall–Kier alpha value is -0.370. The van der Waals surface area contributed by atoms with Gasteiger partial charge in [-0.15, -0.1) is 0 Å². The quantitative estimate of drug-likeness (QED) is 0.654. The molecule has 1 aliphatic rings. The van der Waals surface area contributed by atoms with Gasteiger partial charge < -0.3 is 5.32 Å². The molecule has 0 radical (unpaired) electrons. The lowest BCUT2D eigenvalue weighted by molar-refractivity contribution is -0.117. The fourth-order valence-electron chi connectivity index (χ4n) is 1.62. The molecule has 1 heterocycles. The number of hydrogen-bond acceptors (Lipinski definition) is 2. The number of Topliss-reactive ketones (excluding diaryl/α,β-unsaturated/α-hetero) is 1. The van der Waals surface area contributed by atoms with Gasteiger partial charge >= 0.3 is 0 Å². The van der Waals surface area contributed by atoms with Crippen molar-refractivity contribution in [1.82, 2.24) is 5.32 Å². The molecule has 0 amide bonds. The van der Waals surface area contributed by atoms with Crippen LogP contribution in [0.4, 0.5) is 0 Å². The first-order valence-corrected chi connectivity index (χ1v) is 4.52. The van der Waals surface area contributed by atoms with Gasteiger partial charge in [0.2, 0.25) is 0 Å². The summed E-state index contributed by atoms with van der Waals surface area (Å²) in [6.07, 6.45) is 5.78. The van der Waals surface area contributed by atoms with Crippen molar-refractivity contribution < 1.29 is 4.79 Å². The smallest absolute Gasteiger partial charge is 0.131 e. The monoisotopic (exact) mass is 155 g/mol. The summed E-state index contributed by atoms with van der Waals surface area (Å²) in [5.74, 6) is 0.310. The SMILES string of the molecule is CC(=O)C[C@@H]1CCCCCN1. The molecule has 64 valence electrons. The maximum absolute atomic E-state index is 10.8. The minimum absolute atomic E-state index is 0.310. The fourth-order valence-corrected chi connectivity index (χ4v) is 1.62. The number of hydrogen-bond donors (Lipinski definition) is 1. The molecule has 11 heavy (non-hydrogen) atoms. The molecule has 1 saturated heterocycles. The van der Waals surface area contributed by atoms with Gasteiger partial charge in [-0.1, -0.05) is 12.8 Å². The van der Waals surface area contributed by atoms with Crippen LogP contribution in [0.1, 0.15) is 39.0 Å². The van der Waals surface area contributed by atoms with Gasteiger partial charge in [0.05, 0.1) is 0 Å². The normalized spacial score (nSPS) is 26.1. The van der Waals surface area contributed by atoms with Gasteiger partial charge in [-0.05, 0) is 26.3 Å². The Balaban J connectivity index is 2.25. The van der Waals surface area contributed by atoms with Crippen LogP contribution in [0.2, 0.25) is 0 Å². The summed E-state index contributed by atoms with van der Waals surface area (Å²) in [6, 6.07) is 0.468. The van der Waals surface area contributed by atoms with Crippen LogP contribution in [0.5, 0.6) is 0 Å². The molecular weight excluding hydrogens is 138 g/mol. The van der Waals surface area contributed by atoms with E-state index in [0.717, 1.165) is 13.0 Å². The Morgan fingerprint density at radius 3 is 3.00 bits per heavy atom. The summed E-state index contributed by atoms with van der Waals surface area (Å²) in [4.78, 5) is 10.8. The molecule has 0 aromatic carbocycles. The number of ketones is 1. The minimum Gasteiger partial charge on any atom is -0.314 e. The molecule has 0 bridgehead atoms. The van der Waals surface area contributed by atoms with Crippen molar-refractivity contribution >= 4 is 5.78 Å². The van der Waals surface area contributed by atoms with Crippen LogP contribution in [-0.4, -0.2) is 18.4 Å². The van der Waals surface area contributed by atoms with Gasteiger partial charge in [0.15, 0.2) is 0 Å². The van der Waals surface area contributed by atoms with Crippen LogP contribution in [0.25, 0.3) is 0 Å². The Kier molecular flexibility index (Phi) is 3.57. The lowest BCUT2D eigenvalue weighted by atomic mass is 10.1. The molecule has 1 aliphatic heterocycles. The lowest BCUT2D eigenvalue weighted by Gasteiger charge is -2.12. The van der Waals surface area contributed by atoms with Crippen LogP contribution < -0.4 is 5.32 Å². The molecule has 2 heteroatoms. The highest BCUT2D eigenvalue weighted by Gasteiger charge is 2.12. The zero-order valence-electron chi connectivity index (χ0n) is 7.23. The molecule has 2 nitrogen and oxygen atoms in total. The average molecular weight is 155 g/mol. The van der Waals surface area contributed by atoms with E-state index in [1.54, 1.807) is 6.92 Å². The standard InChI is InChI=1S/C9H17NO/c1-8(11)7-9-5-3-2-4-6-10-9/h9-10H,2-7H2,1H3/t9-/m0/s1. The first-order chi connectivity index (χ1) is 5.29. The first kappa shape index (κ1) is 8.72. The van der Waals surface area contributed by atoms with E-state index in [-0.39, 0.29) is 0 Å². The van der Waals surface area contributed by atoms with Crippen molar-refractivity contribution in [2.75, 3.05) is 6.54 Å². The molecule has 1 atom stereocenters. The van der Waals surface area contributed by atoms with Gasteiger partial charge in [0.25, 0.3) is 0 Å². The van der Waals surface area contributed by atoms with Crippen molar-refractivity contribution in [3.05, 3.63) is 0 Å². The van der Waals surface area contributed by atoms with E-state index < -0.39 is 0 Å². The van der Waals surface area contributed by atoms with E-state index in [0.29, 0.717) is 11.8 Å². The van der Waals surface area contributed by atoms with E-state index in [9.17, 15) is 4.79 Å². The molecule has 1 rings (SSSR count). The van der Waals surface area contributed by atoms with Crippen LogP contribution in [0.15, 0.2) is 0 Å². The van der Waals surface area contributed by atoms with Crippen molar-refractivity contribution in [2.45, 2.75) is 45.1 Å². The van der Waals surface area contributed by atoms with E-state index in [1.807, 2.05) is 0 Å². The fraction of sp³-hybridized carbons (Fsp3) is 0.889. The van der Waals surface area contributed by atoms with Gasteiger partial charge in [0, 0.05) is 12.5 Å². The van der Waals surface area contributed by atoms with Gasteiger partial charge in [-0.2, -0.15) is 0 Å². The van der Waals surface area contributed by atoms with Crippen molar-refractivity contribution in [3.63, 3.8) is 0 Å². The zero-order chi connectivity index (χ0) is 8.10. The molecule has 1 fully saturated rings. The second-order valence-electron chi connectivity index (χ2n) is 3.41. The number of carbonyl (C=O) groups is 1. The van der Waals surface area contributed by atoms with Crippen molar-refractivity contribution in [1.29, 1.82) is 0 Å². The molecule has 0 spiro atoms. The summed E-state index contributed by atoms with van der Waals surface area (Å²) in [7, 11) is 0. The Morgan fingerprint density at radius 1 is 1.45 bits per heavy atom. The summed E-state index contributed by atoms with van der Waals surface area (Å²) in [5.41, 5.74) is 0. The first-order valence-electron chi connectivity index (χ1n) is 4.52. The highest BCUT2D eigenvalue weighted by molar-refractivity contribution is 5.76. The van der Waals surface area contributed by atoms with Crippen molar-refractivity contribution in [2.24, 2.45) is 0 Å². The summed E-state index contributed by atoms with van der Waals surface area (Å²) in [6.45, 7) is 2.77. The topological polar surface area (TPSA) is 29.1 Å². The second kappa shape index (κ2) is 4.50. The average Bonchev–Trinajstić information content (AvgIpc) is 2.14. The largest absolute Gasteiger partial charge is 0.314 e. The Labute approximate surface area is 68.4 Å². The van der Waals surface area contributed by atoms with Crippen LogP contribution in [-0.2, 0) is 4.79 Å². The number of rotatable bonds is 2. The highest BCUT2D eigenvalue weighted by atomic mass is 16.1. The zero-order valence-corrected chi connectivity index (χ0v) is 7.23. The van der Waals surface area contributed by atoms with Gasteiger partial charge in [0.1, 0.15) is 5.78 Å². The van der Waals surface area contributed by atoms with Gasteiger partial charge in [-0.25, -0.2) is 0 Å². The molecule has 0 unspecified atom stereocenters. The number of carbonyl (C=O) groups excluding carboxylic acids is 1. The third-order valence-corrected chi connectivity index (χ3v) is 2.20. The summed E-state index contributed by atoms with van der Waals surface area (Å²) < 4.78 is 0. The maximum Gasteiger partial charge on any atom is 0.131 e. The third-order valence-electron chi connectivity index (χ3n) is 2.20. The van der Waals surface area contributed by atoms with Crippen LogP contribution >= 0.6 is 0 Å². The number of nitrogens with one attached hydrogen (secondary N) is 1. The van der Waals surface area contributed by atoms with E-state index in [1.165, 1.54) is 25.7 Å². The van der Waals surface area contributed by atoms with Gasteiger partial charge in [-0.3, -0.25) is 4.79 Å². The molecule has 0 saturated carbocycles. The van der Waals surface area contributed by atoms with E-state index >= 15 is 0 Å². The minimum atomic E-state index is 0.310. The molecular formula is C9H17NO. The van der Waals surface area contributed by atoms with Crippen molar-refractivity contribution in [3.8, 4) is 0 Å². The van der Waals surface area contributed by atoms with E-state index in [4.69, 9.17) is 0 Å².